The standard InChI is InChI=1S/C15H25N3O/c1-5-8-16-14-9-12(10(2)3)17-15(18-14)13-7-6-11(4)19-13/h9-11,13H,5-8H2,1-4H3,(H,16,17,18). The summed E-state index contributed by atoms with van der Waals surface area (Å²) in [5, 5.41) is 3.36. The molecule has 2 heterocycles. The molecule has 0 aliphatic carbocycles. The molecule has 0 saturated carbocycles. The monoisotopic (exact) mass is 263 g/mol. The van der Waals surface area contributed by atoms with E-state index in [2.05, 4.69) is 49.0 Å². The van der Waals surface area contributed by atoms with Crippen LogP contribution in [0.2, 0.25) is 0 Å². The molecular formula is C15H25N3O. The van der Waals surface area contributed by atoms with Crippen molar-refractivity contribution in [2.24, 2.45) is 0 Å². The zero-order valence-electron chi connectivity index (χ0n) is 12.4. The van der Waals surface area contributed by atoms with Gasteiger partial charge in [0.05, 0.1) is 6.10 Å². The van der Waals surface area contributed by atoms with Gasteiger partial charge in [-0.1, -0.05) is 20.8 Å². The number of rotatable bonds is 5. The number of ether oxygens (including phenoxy) is 1. The minimum Gasteiger partial charge on any atom is -0.370 e. The van der Waals surface area contributed by atoms with Crippen LogP contribution in [0.1, 0.15) is 70.5 Å². The second-order valence-corrected chi connectivity index (χ2v) is 5.63. The van der Waals surface area contributed by atoms with Crippen LogP contribution >= 0.6 is 0 Å². The molecule has 1 aromatic heterocycles. The molecule has 1 saturated heterocycles. The van der Waals surface area contributed by atoms with Gasteiger partial charge in [0.25, 0.3) is 0 Å². The van der Waals surface area contributed by atoms with E-state index in [-0.39, 0.29) is 6.10 Å². The summed E-state index contributed by atoms with van der Waals surface area (Å²) in [7, 11) is 0. The molecule has 0 aromatic carbocycles. The summed E-state index contributed by atoms with van der Waals surface area (Å²) in [5.74, 6) is 2.18. The lowest BCUT2D eigenvalue weighted by Gasteiger charge is -2.15. The highest BCUT2D eigenvalue weighted by atomic mass is 16.5. The van der Waals surface area contributed by atoms with Crippen LogP contribution in [0.4, 0.5) is 5.82 Å². The molecule has 0 amide bonds. The molecule has 0 radical (unpaired) electrons. The van der Waals surface area contributed by atoms with Crippen LogP contribution in [0.5, 0.6) is 0 Å². The van der Waals surface area contributed by atoms with Crippen molar-refractivity contribution < 1.29 is 4.74 Å². The summed E-state index contributed by atoms with van der Waals surface area (Å²) in [6.07, 6.45) is 3.60. The molecule has 4 heteroatoms. The van der Waals surface area contributed by atoms with Gasteiger partial charge < -0.3 is 10.1 Å². The summed E-state index contributed by atoms with van der Waals surface area (Å²) in [6, 6.07) is 2.06. The molecule has 106 valence electrons. The van der Waals surface area contributed by atoms with Crippen molar-refractivity contribution in [1.82, 2.24) is 9.97 Å². The number of hydrogen-bond acceptors (Lipinski definition) is 4. The average molecular weight is 263 g/mol. The third-order valence-electron chi connectivity index (χ3n) is 3.43. The summed E-state index contributed by atoms with van der Waals surface area (Å²) in [5.41, 5.74) is 1.09. The molecule has 0 spiro atoms. The Labute approximate surface area is 116 Å². The number of nitrogens with zero attached hydrogens (tertiary/aromatic N) is 2. The Morgan fingerprint density at radius 1 is 1.37 bits per heavy atom. The minimum atomic E-state index is 0.0656. The third-order valence-corrected chi connectivity index (χ3v) is 3.43. The number of hydrogen-bond donors (Lipinski definition) is 1. The van der Waals surface area contributed by atoms with Gasteiger partial charge >= 0.3 is 0 Å². The highest BCUT2D eigenvalue weighted by molar-refractivity contribution is 5.37. The fraction of sp³-hybridized carbons (Fsp3) is 0.733. The Morgan fingerprint density at radius 2 is 2.16 bits per heavy atom. The molecule has 2 atom stereocenters. The maximum Gasteiger partial charge on any atom is 0.159 e. The van der Waals surface area contributed by atoms with Gasteiger partial charge in [-0.2, -0.15) is 0 Å². The summed E-state index contributed by atoms with van der Waals surface area (Å²) < 4.78 is 5.89. The number of nitrogens with one attached hydrogen (secondary N) is 1. The second kappa shape index (κ2) is 6.33. The van der Waals surface area contributed by atoms with E-state index in [9.17, 15) is 0 Å². The average Bonchev–Trinajstić information content (AvgIpc) is 2.82. The fourth-order valence-corrected chi connectivity index (χ4v) is 2.26. The van der Waals surface area contributed by atoms with Crippen molar-refractivity contribution in [1.29, 1.82) is 0 Å². The van der Waals surface area contributed by atoms with Gasteiger partial charge in [-0.05, 0) is 32.1 Å². The minimum absolute atomic E-state index is 0.0656. The van der Waals surface area contributed by atoms with Crippen molar-refractivity contribution in [3.63, 3.8) is 0 Å². The van der Waals surface area contributed by atoms with Crippen molar-refractivity contribution in [2.45, 2.75) is 65.1 Å². The van der Waals surface area contributed by atoms with Crippen LogP contribution in [-0.4, -0.2) is 22.6 Å². The highest BCUT2D eigenvalue weighted by Crippen LogP contribution is 2.31. The molecule has 19 heavy (non-hydrogen) atoms. The first-order chi connectivity index (χ1) is 9.10. The van der Waals surface area contributed by atoms with Crippen molar-refractivity contribution in [3.05, 3.63) is 17.6 Å². The van der Waals surface area contributed by atoms with E-state index in [1.54, 1.807) is 0 Å². The van der Waals surface area contributed by atoms with Gasteiger partial charge in [0.1, 0.15) is 11.9 Å². The van der Waals surface area contributed by atoms with E-state index in [0.717, 1.165) is 43.1 Å². The van der Waals surface area contributed by atoms with E-state index >= 15 is 0 Å². The van der Waals surface area contributed by atoms with Crippen molar-refractivity contribution in [2.75, 3.05) is 11.9 Å². The van der Waals surface area contributed by atoms with Crippen LogP contribution in [0.3, 0.4) is 0 Å². The molecule has 2 unspecified atom stereocenters. The largest absolute Gasteiger partial charge is 0.370 e. The fourth-order valence-electron chi connectivity index (χ4n) is 2.26. The molecule has 2 rings (SSSR count). The Balaban J connectivity index is 2.23. The lowest BCUT2D eigenvalue weighted by molar-refractivity contribution is 0.0502. The van der Waals surface area contributed by atoms with Crippen LogP contribution in [0.15, 0.2) is 6.07 Å². The Morgan fingerprint density at radius 3 is 2.74 bits per heavy atom. The molecule has 0 bridgehead atoms. The number of aromatic nitrogens is 2. The second-order valence-electron chi connectivity index (χ2n) is 5.63. The SMILES string of the molecule is CCCNc1cc(C(C)C)nc(C2CCC(C)O2)n1. The molecule has 1 fully saturated rings. The van der Waals surface area contributed by atoms with Gasteiger partial charge in [0.2, 0.25) is 0 Å². The normalized spacial score (nSPS) is 23.0. The molecule has 1 aliphatic heterocycles. The first-order valence-corrected chi connectivity index (χ1v) is 7.38. The van der Waals surface area contributed by atoms with E-state index < -0.39 is 0 Å². The van der Waals surface area contributed by atoms with Crippen molar-refractivity contribution in [3.8, 4) is 0 Å². The van der Waals surface area contributed by atoms with Gasteiger partial charge in [0.15, 0.2) is 5.82 Å². The summed E-state index contributed by atoms with van der Waals surface area (Å²) in [6.45, 7) is 9.53. The van der Waals surface area contributed by atoms with Gasteiger partial charge in [-0.25, -0.2) is 9.97 Å². The Hall–Kier alpha value is -1.16. The highest BCUT2D eigenvalue weighted by Gasteiger charge is 2.26. The van der Waals surface area contributed by atoms with E-state index in [0.29, 0.717) is 12.0 Å². The van der Waals surface area contributed by atoms with Crippen LogP contribution in [0, 0.1) is 0 Å². The van der Waals surface area contributed by atoms with Crippen LogP contribution in [0.25, 0.3) is 0 Å². The van der Waals surface area contributed by atoms with E-state index in [4.69, 9.17) is 4.74 Å². The van der Waals surface area contributed by atoms with Gasteiger partial charge in [-0.3, -0.25) is 0 Å². The van der Waals surface area contributed by atoms with Gasteiger partial charge in [-0.15, -0.1) is 0 Å². The molecule has 1 N–H and O–H groups in total. The Kier molecular flexibility index (Phi) is 4.75. The quantitative estimate of drug-likeness (QED) is 0.880. The van der Waals surface area contributed by atoms with Gasteiger partial charge in [0, 0.05) is 18.3 Å². The predicted molar refractivity (Wildman–Crippen MR) is 77.4 cm³/mol. The molecule has 4 nitrogen and oxygen atoms in total. The first-order valence-electron chi connectivity index (χ1n) is 7.38. The smallest absolute Gasteiger partial charge is 0.159 e. The topological polar surface area (TPSA) is 47.0 Å². The molecule has 1 aliphatic rings. The number of anilines is 1. The Bertz CT molecular complexity index is 420. The third kappa shape index (κ3) is 3.66. The lowest BCUT2D eigenvalue weighted by Crippen LogP contribution is -2.11. The van der Waals surface area contributed by atoms with E-state index in [1.807, 2.05) is 0 Å². The summed E-state index contributed by atoms with van der Waals surface area (Å²) in [4.78, 5) is 9.30. The summed E-state index contributed by atoms with van der Waals surface area (Å²) >= 11 is 0. The van der Waals surface area contributed by atoms with Crippen LogP contribution < -0.4 is 5.32 Å². The van der Waals surface area contributed by atoms with Crippen LogP contribution in [-0.2, 0) is 4.74 Å². The maximum absolute atomic E-state index is 5.89. The zero-order chi connectivity index (χ0) is 13.8. The maximum atomic E-state index is 5.89. The van der Waals surface area contributed by atoms with Crippen molar-refractivity contribution >= 4 is 5.82 Å². The van der Waals surface area contributed by atoms with E-state index in [1.165, 1.54) is 0 Å². The zero-order valence-corrected chi connectivity index (χ0v) is 12.4. The lowest BCUT2D eigenvalue weighted by atomic mass is 10.1. The predicted octanol–water partition coefficient (Wildman–Crippen LogP) is 3.66. The first kappa shape index (κ1) is 14.3. The molecule has 1 aromatic rings. The molecular weight excluding hydrogens is 238 g/mol.